The molecule has 0 aliphatic rings. The standard InChI is InChI=1S/C14H12BrCl/c1-9-5-3-7-12(15)14(9)11-6-4-8-13(16)10(11)2/h3-8H,1-2H3. The van der Waals surface area contributed by atoms with Crippen LogP contribution in [0, 0.1) is 13.8 Å². The van der Waals surface area contributed by atoms with Crippen molar-refractivity contribution in [3.05, 3.63) is 57.0 Å². The molecule has 82 valence electrons. The second-order valence-corrected chi connectivity index (χ2v) is 5.11. The Morgan fingerprint density at radius 3 is 2.38 bits per heavy atom. The van der Waals surface area contributed by atoms with E-state index in [1.54, 1.807) is 0 Å². The van der Waals surface area contributed by atoms with Gasteiger partial charge in [-0.25, -0.2) is 0 Å². The lowest BCUT2D eigenvalue weighted by Gasteiger charge is -2.12. The van der Waals surface area contributed by atoms with Crippen LogP contribution in [0.1, 0.15) is 11.1 Å². The van der Waals surface area contributed by atoms with Gasteiger partial charge in [-0.2, -0.15) is 0 Å². The number of halogens is 2. The number of aryl methyl sites for hydroxylation is 1. The monoisotopic (exact) mass is 294 g/mol. The van der Waals surface area contributed by atoms with Crippen LogP contribution in [-0.4, -0.2) is 0 Å². The third kappa shape index (κ3) is 2.02. The lowest BCUT2D eigenvalue weighted by molar-refractivity contribution is 1.39. The van der Waals surface area contributed by atoms with Gasteiger partial charge in [0.25, 0.3) is 0 Å². The molecule has 0 nitrogen and oxygen atoms in total. The topological polar surface area (TPSA) is 0 Å². The van der Waals surface area contributed by atoms with Crippen LogP contribution in [0.15, 0.2) is 40.9 Å². The van der Waals surface area contributed by atoms with Crippen molar-refractivity contribution in [1.82, 2.24) is 0 Å². The van der Waals surface area contributed by atoms with Crippen molar-refractivity contribution in [3.63, 3.8) is 0 Å². The molecule has 16 heavy (non-hydrogen) atoms. The van der Waals surface area contributed by atoms with Crippen LogP contribution in [0.3, 0.4) is 0 Å². The highest BCUT2D eigenvalue weighted by Gasteiger charge is 2.10. The van der Waals surface area contributed by atoms with Crippen LogP contribution >= 0.6 is 27.5 Å². The summed E-state index contributed by atoms with van der Waals surface area (Å²) < 4.78 is 1.11. The summed E-state index contributed by atoms with van der Waals surface area (Å²) in [5.74, 6) is 0. The van der Waals surface area contributed by atoms with Gasteiger partial charge in [0.05, 0.1) is 0 Å². The Morgan fingerprint density at radius 1 is 1.00 bits per heavy atom. The minimum atomic E-state index is 0.813. The highest BCUT2D eigenvalue weighted by atomic mass is 79.9. The first-order valence-corrected chi connectivity index (χ1v) is 6.29. The molecule has 0 atom stereocenters. The van der Waals surface area contributed by atoms with Crippen molar-refractivity contribution < 1.29 is 0 Å². The number of hydrogen-bond donors (Lipinski definition) is 0. The molecular weight excluding hydrogens is 284 g/mol. The molecule has 0 N–H and O–H groups in total. The van der Waals surface area contributed by atoms with Crippen LogP contribution in [0.2, 0.25) is 5.02 Å². The fraction of sp³-hybridized carbons (Fsp3) is 0.143. The smallest absolute Gasteiger partial charge is 0.0441 e. The Hall–Kier alpha value is -0.790. The predicted molar refractivity (Wildman–Crippen MR) is 74.1 cm³/mol. The molecule has 2 rings (SSSR count). The molecule has 0 heterocycles. The van der Waals surface area contributed by atoms with Gasteiger partial charge in [-0.1, -0.05) is 51.8 Å². The largest absolute Gasteiger partial charge is 0.0840 e. The van der Waals surface area contributed by atoms with Gasteiger partial charge in [-0.15, -0.1) is 0 Å². The second kappa shape index (κ2) is 4.60. The summed E-state index contributed by atoms with van der Waals surface area (Å²) in [4.78, 5) is 0. The van der Waals surface area contributed by atoms with Gasteiger partial charge in [-0.3, -0.25) is 0 Å². The molecule has 2 heteroatoms. The van der Waals surface area contributed by atoms with Gasteiger partial charge in [0, 0.05) is 9.50 Å². The summed E-state index contributed by atoms with van der Waals surface area (Å²) in [5.41, 5.74) is 4.79. The Morgan fingerprint density at radius 2 is 1.69 bits per heavy atom. The van der Waals surface area contributed by atoms with Crippen LogP contribution in [-0.2, 0) is 0 Å². The minimum absolute atomic E-state index is 0.813. The number of hydrogen-bond acceptors (Lipinski definition) is 0. The van der Waals surface area contributed by atoms with Crippen molar-refractivity contribution in [3.8, 4) is 11.1 Å². The molecule has 0 amide bonds. The van der Waals surface area contributed by atoms with E-state index in [0.717, 1.165) is 15.1 Å². The van der Waals surface area contributed by atoms with Crippen LogP contribution in [0.5, 0.6) is 0 Å². The van der Waals surface area contributed by atoms with E-state index in [1.165, 1.54) is 16.7 Å². The summed E-state index contributed by atoms with van der Waals surface area (Å²) in [6, 6.07) is 12.2. The van der Waals surface area contributed by atoms with Crippen molar-refractivity contribution in [2.24, 2.45) is 0 Å². The van der Waals surface area contributed by atoms with E-state index in [9.17, 15) is 0 Å². The van der Waals surface area contributed by atoms with E-state index >= 15 is 0 Å². The van der Waals surface area contributed by atoms with E-state index < -0.39 is 0 Å². The molecular formula is C14H12BrCl. The summed E-state index contributed by atoms with van der Waals surface area (Å²) >= 11 is 9.75. The first-order valence-electron chi connectivity index (χ1n) is 5.12. The molecule has 0 radical (unpaired) electrons. The van der Waals surface area contributed by atoms with E-state index in [4.69, 9.17) is 11.6 Å². The van der Waals surface area contributed by atoms with Crippen molar-refractivity contribution in [2.75, 3.05) is 0 Å². The molecule has 2 aromatic rings. The first kappa shape index (κ1) is 11.7. The first-order chi connectivity index (χ1) is 7.61. The highest BCUT2D eigenvalue weighted by molar-refractivity contribution is 9.10. The van der Waals surface area contributed by atoms with Gasteiger partial charge in [0.15, 0.2) is 0 Å². The summed E-state index contributed by atoms with van der Waals surface area (Å²) in [6.07, 6.45) is 0. The van der Waals surface area contributed by atoms with Gasteiger partial charge < -0.3 is 0 Å². The molecule has 0 aromatic heterocycles. The predicted octanol–water partition coefficient (Wildman–Crippen LogP) is 5.39. The number of rotatable bonds is 1. The van der Waals surface area contributed by atoms with Crippen molar-refractivity contribution in [1.29, 1.82) is 0 Å². The maximum Gasteiger partial charge on any atom is 0.0441 e. The zero-order chi connectivity index (χ0) is 11.7. The molecule has 0 spiro atoms. The Kier molecular flexibility index (Phi) is 3.36. The van der Waals surface area contributed by atoms with Gasteiger partial charge in [0.2, 0.25) is 0 Å². The average molecular weight is 296 g/mol. The molecule has 0 aliphatic heterocycles. The molecule has 0 saturated carbocycles. The van der Waals surface area contributed by atoms with Crippen LogP contribution in [0.4, 0.5) is 0 Å². The van der Waals surface area contributed by atoms with Crippen molar-refractivity contribution in [2.45, 2.75) is 13.8 Å². The minimum Gasteiger partial charge on any atom is -0.0840 e. The fourth-order valence-electron chi connectivity index (χ4n) is 1.85. The summed E-state index contributed by atoms with van der Waals surface area (Å²) in [6.45, 7) is 4.16. The molecule has 2 aromatic carbocycles. The quantitative estimate of drug-likeness (QED) is 0.662. The van der Waals surface area contributed by atoms with E-state index in [0.29, 0.717) is 0 Å². The average Bonchev–Trinajstić information content (AvgIpc) is 2.24. The molecule has 0 unspecified atom stereocenters. The maximum atomic E-state index is 6.15. The SMILES string of the molecule is Cc1cccc(Br)c1-c1cccc(Cl)c1C. The maximum absolute atomic E-state index is 6.15. The van der Waals surface area contributed by atoms with Gasteiger partial charge in [-0.05, 0) is 48.2 Å². The molecule has 0 bridgehead atoms. The molecule has 0 aliphatic carbocycles. The van der Waals surface area contributed by atoms with Gasteiger partial charge in [0.1, 0.15) is 0 Å². The van der Waals surface area contributed by atoms with E-state index in [2.05, 4.69) is 48.0 Å². The Labute approximate surface area is 109 Å². The Balaban J connectivity index is 2.73. The van der Waals surface area contributed by atoms with E-state index in [1.807, 2.05) is 18.2 Å². The zero-order valence-electron chi connectivity index (χ0n) is 9.22. The lowest BCUT2D eigenvalue weighted by atomic mass is 9.97. The highest BCUT2D eigenvalue weighted by Crippen LogP contribution is 2.35. The fourth-order valence-corrected chi connectivity index (χ4v) is 2.70. The summed E-state index contributed by atoms with van der Waals surface area (Å²) in [7, 11) is 0. The van der Waals surface area contributed by atoms with Gasteiger partial charge >= 0.3 is 0 Å². The second-order valence-electron chi connectivity index (χ2n) is 3.84. The lowest BCUT2D eigenvalue weighted by Crippen LogP contribution is -1.89. The summed E-state index contributed by atoms with van der Waals surface area (Å²) in [5, 5.41) is 0.813. The molecule has 0 fully saturated rings. The van der Waals surface area contributed by atoms with Crippen LogP contribution < -0.4 is 0 Å². The third-order valence-electron chi connectivity index (χ3n) is 2.76. The molecule has 0 saturated heterocycles. The van der Waals surface area contributed by atoms with Crippen LogP contribution in [0.25, 0.3) is 11.1 Å². The Bertz CT molecular complexity index is 512. The normalized spacial score (nSPS) is 10.5. The number of benzene rings is 2. The third-order valence-corrected chi connectivity index (χ3v) is 3.83. The van der Waals surface area contributed by atoms with Crippen molar-refractivity contribution >= 4 is 27.5 Å². The van der Waals surface area contributed by atoms with E-state index in [-0.39, 0.29) is 0 Å². The zero-order valence-corrected chi connectivity index (χ0v) is 11.6.